The van der Waals surface area contributed by atoms with E-state index < -0.39 is 18.7 Å². The minimum Gasteiger partial charge on any atom is -0.456 e. The first-order valence-electron chi connectivity index (χ1n) is 7.74. The van der Waals surface area contributed by atoms with Crippen LogP contribution >= 0.6 is 0 Å². The average molecular weight is 361 g/mol. The van der Waals surface area contributed by atoms with Crippen molar-refractivity contribution >= 4 is 22.8 Å². The molecule has 2 rings (SSSR count). The molecule has 0 aromatic heterocycles. The van der Waals surface area contributed by atoms with Crippen LogP contribution in [0.1, 0.15) is 12.5 Å². The minimum atomic E-state index is -3.04. The molecule has 26 heavy (non-hydrogen) atoms. The number of carbonyl (C=O) groups excluding carboxylic acids is 1. The standard InChI is InChI=1S/C19H17F2NO4/c1-12(11-24-2)25-18(23)14(10-22)9-16-15-6-4-3-5-13(15)7-8-17(16)26-19(20)21/h3-9,12,19H,11H2,1-2H3/b14-9+/t12-/m1/s1. The van der Waals surface area contributed by atoms with E-state index in [2.05, 4.69) is 4.74 Å². The normalized spacial score (nSPS) is 12.7. The monoisotopic (exact) mass is 361 g/mol. The lowest BCUT2D eigenvalue weighted by molar-refractivity contribution is -0.145. The minimum absolute atomic E-state index is 0.135. The third-order valence-electron chi connectivity index (χ3n) is 3.49. The van der Waals surface area contributed by atoms with Gasteiger partial charge in [0.2, 0.25) is 0 Å². The van der Waals surface area contributed by atoms with Gasteiger partial charge in [0.15, 0.2) is 0 Å². The highest BCUT2D eigenvalue weighted by Gasteiger charge is 2.18. The summed E-state index contributed by atoms with van der Waals surface area (Å²) >= 11 is 0. The van der Waals surface area contributed by atoms with Gasteiger partial charge >= 0.3 is 12.6 Å². The van der Waals surface area contributed by atoms with E-state index in [1.165, 1.54) is 19.3 Å². The molecule has 136 valence electrons. The molecule has 0 bridgehead atoms. The smallest absolute Gasteiger partial charge is 0.387 e. The van der Waals surface area contributed by atoms with E-state index in [9.17, 15) is 18.8 Å². The lowest BCUT2D eigenvalue weighted by atomic mass is 10.0. The van der Waals surface area contributed by atoms with E-state index in [-0.39, 0.29) is 23.5 Å². The number of methoxy groups -OCH3 is 1. The molecule has 0 saturated carbocycles. The van der Waals surface area contributed by atoms with Crippen LogP contribution in [-0.2, 0) is 14.3 Å². The van der Waals surface area contributed by atoms with Gasteiger partial charge < -0.3 is 14.2 Å². The van der Waals surface area contributed by atoms with Crippen molar-refractivity contribution in [3.8, 4) is 11.8 Å². The molecule has 0 unspecified atom stereocenters. The molecule has 2 aromatic rings. The summed E-state index contributed by atoms with van der Waals surface area (Å²) in [4.78, 5) is 12.2. The van der Waals surface area contributed by atoms with E-state index in [4.69, 9.17) is 9.47 Å². The lowest BCUT2D eigenvalue weighted by Gasteiger charge is -2.13. The molecule has 1 atom stereocenters. The van der Waals surface area contributed by atoms with Crippen LogP contribution in [0.25, 0.3) is 16.8 Å². The van der Waals surface area contributed by atoms with Crippen LogP contribution in [0, 0.1) is 11.3 Å². The second kappa shape index (κ2) is 8.92. The van der Waals surface area contributed by atoms with Gasteiger partial charge in [-0.2, -0.15) is 14.0 Å². The molecule has 7 heteroatoms. The second-order valence-corrected chi connectivity index (χ2v) is 5.42. The summed E-state index contributed by atoms with van der Waals surface area (Å²) in [7, 11) is 1.45. The van der Waals surface area contributed by atoms with Crippen LogP contribution in [0.3, 0.4) is 0 Å². The number of carbonyl (C=O) groups is 1. The van der Waals surface area contributed by atoms with Gasteiger partial charge in [0, 0.05) is 12.7 Å². The number of fused-ring (bicyclic) bond motifs is 1. The summed E-state index contributed by atoms with van der Waals surface area (Å²) in [6.45, 7) is -1.26. The van der Waals surface area contributed by atoms with Gasteiger partial charge in [0.05, 0.1) is 6.61 Å². The number of rotatable bonds is 7. The Balaban J connectivity index is 2.49. The van der Waals surface area contributed by atoms with Crippen molar-refractivity contribution in [2.24, 2.45) is 0 Å². The Hall–Kier alpha value is -2.98. The number of ether oxygens (including phenoxy) is 3. The quantitative estimate of drug-likeness (QED) is 0.425. The van der Waals surface area contributed by atoms with Crippen LogP contribution < -0.4 is 4.74 Å². The van der Waals surface area contributed by atoms with E-state index >= 15 is 0 Å². The molecule has 0 heterocycles. The zero-order valence-electron chi connectivity index (χ0n) is 14.2. The highest BCUT2D eigenvalue weighted by Crippen LogP contribution is 2.31. The lowest BCUT2D eigenvalue weighted by Crippen LogP contribution is -2.20. The van der Waals surface area contributed by atoms with Gasteiger partial charge in [0.25, 0.3) is 0 Å². The molecule has 0 spiro atoms. The molecule has 0 amide bonds. The van der Waals surface area contributed by atoms with E-state index in [0.29, 0.717) is 5.39 Å². The maximum Gasteiger partial charge on any atom is 0.387 e. The fourth-order valence-electron chi connectivity index (χ4n) is 2.42. The van der Waals surface area contributed by atoms with E-state index in [0.717, 1.165) is 5.39 Å². The van der Waals surface area contributed by atoms with Crippen molar-refractivity contribution in [1.82, 2.24) is 0 Å². The number of hydrogen-bond acceptors (Lipinski definition) is 5. The van der Waals surface area contributed by atoms with Crippen LogP contribution in [0.2, 0.25) is 0 Å². The first-order valence-corrected chi connectivity index (χ1v) is 7.74. The average Bonchev–Trinajstić information content (AvgIpc) is 2.60. The Morgan fingerprint density at radius 2 is 2.00 bits per heavy atom. The molecule has 2 aromatic carbocycles. The number of nitrogens with zero attached hydrogens (tertiary/aromatic N) is 1. The number of esters is 1. The fourth-order valence-corrected chi connectivity index (χ4v) is 2.42. The second-order valence-electron chi connectivity index (χ2n) is 5.42. The van der Waals surface area contributed by atoms with Gasteiger partial charge in [-0.25, -0.2) is 4.79 Å². The SMILES string of the molecule is COC[C@@H](C)OC(=O)/C(C#N)=C/c1c(OC(F)F)ccc2ccccc12. The van der Waals surface area contributed by atoms with Gasteiger partial charge in [0.1, 0.15) is 23.5 Å². The zero-order chi connectivity index (χ0) is 19.1. The number of benzene rings is 2. The summed E-state index contributed by atoms with van der Waals surface area (Å²) in [6, 6.07) is 11.7. The predicted octanol–water partition coefficient (Wildman–Crippen LogP) is 3.93. The molecule has 0 aliphatic rings. The first-order chi connectivity index (χ1) is 12.5. The Kier molecular flexibility index (Phi) is 6.64. The predicted molar refractivity (Wildman–Crippen MR) is 91.6 cm³/mol. The third kappa shape index (κ3) is 4.77. The molecule has 0 saturated heterocycles. The molecular formula is C19H17F2NO4. The highest BCUT2D eigenvalue weighted by molar-refractivity contribution is 6.02. The van der Waals surface area contributed by atoms with Crippen molar-refractivity contribution < 1.29 is 27.8 Å². The molecular weight excluding hydrogens is 344 g/mol. The molecule has 0 aliphatic carbocycles. The van der Waals surface area contributed by atoms with Crippen molar-refractivity contribution in [1.29, 1.82) is 5.26 Å². The summed E-state index contributed by atoms with van der Waals surface area (Å²) in [5.74, 6) is -1.00. The maximum atomic E-state index is 12.7. The summed E-state index contributed by atoms with van der Waals surface area (Å²) < 4.78 is 40.0. The Morgan fingerprint density at radius 1 is 1.27 bits per heavy atom. The Bertz CT molecular complexity index is 858. The van der Waals surface area contributed by atoms with Crippen molar-refractivity contribution in [3.05, 3.63) is 47.5 Å². The molecule has 0 fully saturated rings. The van der Waals surface area contributed by atoms with Gasteiger partial charge in [-0.1, -0.05) is 30.3 Å². The van der Waals surface area contributed by atoms with Gasteiger partial charge in [-0.15, -0.1) is 0 Å². The van der Waals surface area contributed by atoms with Crippen molar-refractivity contribution in [2.45, 2.75) is 19.6 Å². The van der Waals surface area contributed by atoms with Crippen LogP contribution in [0.5, 0.6) is 5.75 Å². The van der Waals surface area contributed by atoms with Crippen molar-refractivity contribution in [3.63, 3.8) is 0 Å². The van der Waals surface area contributed by atoms with Gasteiger partial charge in [-0.05, 0) is 29.8 Å². The summed E-state index contributed by atoms with van der Waals surface area (Å²) in [5.41, 5.74) is -0.125. The van der Waals surface area contributed by atoms with E-state index in [1.54, 1.807) is 43.3 Å². The third-order valence-corrected chi connectivity index (χ3v) is 3.49. The molecule has 5 nitrogen and oxygen atoms in total. The summed E-state index contributed by atoms with van der Waals surface area (Å²) in [5, 5.41) is 10.6. The summed E-state index contributed by atoms with van der Waals surface area (Å²) in [6.07, 6.45) is 0.635. The fraction of sp³-hybridized carbons (Fsp3) is 0.263. The van der Waals surface area contributed by atoms with Crippen LogP contribution in [-0.4, -0.2) is 32.4 Å². The first kappa shape index (κ1) is 19.3. The zero-order valence-corrected chi connectivity index (χ0v) is 14.2. The number of hydrogen-bond donors (Lipinski definition) is 0. The molecule has 0 radical (unpaired) electrons. The molecule has 0 aliphatic heterocycles. The number of halogens is 2. The van der Waals surface area contributed by atoms with Gasteiger partial charge in [-0.3, -0.25) is 0 Å². The van der Waals surface area contributed by atoms with Crippen LogP contribution in [0.15, 0.2) is 42.0 Å². The van der Waals surface area contributed by atoms with Crippen molar-refractivity contribution in [2.75, 3.05) is 13.7 Å². The topological polar surface area (TPSA) is 68.5 Å². The Morgan fingerprint density at radius 3 is 2.65 bits per heavy atom. The number of nitriles is 1. The highest BCUT2D eigenvalue weighted by atomic mass is 19.3. The largest absolute Gasteiger partial charge is 0.456 e. The number of alkyl halides is 2. The molecule has 0 N–H and O–H groups in total. The van der Waals surface area contributed by atoms with E-state index in [1.807, 2.05) is 0 Å². The Labute approximate surface area is 149 Å². The van der Waals surface area contributed by atoms with Crippen LogP contribution in [0.4, 0.5) is 8.78 Å². The maximum absolute atomic E-state index is 12.7.